The van der Waals surface area contributed by atoms with Crippen molar-refractivity contribution in [3.05, 3.63) is 0 Å². The van der Waals surface area contributed by atoms with Gasteiger partial charge in [-0.1, -0.05) is 13.8 Å². The summed E-state index contributed by atoms with van der Waals surface area (Å²) in [6.07, 6.45) is 1.89. The van der Waals surface area contributed by atoms with Gasteiger partial charge in [0, 0.05) is 26.3 Å². The Morgan fingerprint density at radius 3 is 2.40 bits per heavy atom. The van der Waals surface area contributed by atoms with E-state index in [1.54, 1.807) is 0 Å². The summed E-state index contributed by atoms with van der Waals surface area (Å²) in [5.74, 6) is 0.420. The molecular formula is C11H21NO2S. The fourth-order valence-corrected chi connectivity index (χ4v) is 1.93. The number of carbonyl (C=O) groups excluding carboxylic acids is 1. The van der Waals surface area contributed by atoms with Crippen molar-refractivity contribution >= 4 is 18.5 Å². The number of hydrogen-bond donors (Lipinski definition) is 1. The summed E-state index contributed by atoms with van der Waals surface area (Å²) in [6.45, 7) is 5.57. The van der Waals surface area contributed by atoms with Crippen LogP contribution in [0.2, 0.25) is 0 Å². The summed E-state index contributed by atoms with van der Waals surface area (Å²) in [5.41, 5.74) is 0. The molecule has 0 aromatic rings. The molecular weight excluding hydrogens is 210 g/mol. The van der Waals surface area contributed by atoms with Crippen LogP contribution in [0.15, 0.2) is 0 Å². The second kappa shape index (κ2) is 5.75. The Bertz CT molecular complexity index is 215. The molecule has 1 aliphatic rings. The van der Waals surface area contributed by atoms with Crippen LogP contribution in [0, 0.1) is 5.92 Å². The van der Waals surface area contributed by atoms with Crippen molar-refractivity contribution in [1.29, 1.82) is 0 Å². The molecule has 0 saturated carbocycles. The number of thiol groups is 1. The molecule has 1 unspecified atom stereocenters. The van der Waals surface area contributed by atoms with Crippen molar-refractivity contribution in [3.63, 3.8) is 0 Å². The van der Waals surface area contributed by atoms with E-state index in [1.807, 2.05) is 25.8 Å². The lowest BCUT2D eigenvalue weighted by Crippen LogP contribution is -2.45. The number of rotatable bonds is 3. The van der Waals surface area contributed by atoms with Gasteiger partial charge in [-0.05, 0) is 18.8 Å². The van der Waals surface area contributed by atoms with Crippen LogP contribution >= 0.6 is 12.6 Å². The number of hydrogen-bond acceptors (Lipinski definition) is 3. The minimum atomic E-state index is -0.183. The van der Waals surface area contributed by atoms with Gasteiger partial charge in [0.05, 0.1) is 5.25 Å². The molecule has 1 rings (SSSR count). The fourth-order valence-electron chi connectivity index (χ4n) is 1.75. The average Bonchev–Trinajstić information content (AvgIpc) is 2.27. The topological polar surface area (TPSA) is 29.5 Å². The maximum Gasteiger partial charge on any atom is 0.235 e. The first-order valence-corrected chi connectivity index (χ1v) is 6.08. The van der Waals surface area contributed by atoms with Crippen molar-refractivity contribution < 1.29 is 9.53 Å². The molecule has 0 aliphatic carbocycles. The normalized spacial score (nSPS) is 20.3. The highest BCUT2D eigenvalue weighted by Gasteiger charge is 2.27. The van der Waals surface area contributed by atoms with Crippen LogP contribution in [0.5, 0.6) is 0 Å². The van der Waals surface area contributed by atoms with Gasteiger partial charge in [-0.25, -0.2) is 0 Å². The molecule has 15 heavy (non-hydrogen) atoms. The molecule has 4 heteroatoms. The predicted octanol–water partition coefficient (Wildman–Crippen LogP) is 1.58. The minimum absolute atomic E-state index is 0.139. The van der Waals surface area contributed by atoms with Gasteiger partial charge in [0.25, 0.3) is 0 Å². The maximum absolute atomic E-state index is 12.0. The van der Waals surface area contributed by atoms with Gasteiger partial charge < -0.3 is 9.64 Å². The van der Waals surface area contributed by atoms with Crippen LogP contribution in [0.3, 0.4) is 0 Å². The van der Waals surface area contributed by atoms with E-state index in [-0.39, 0.29) is 17.1 Å². The Morgan fingerprint density at radius 2 is 1.93 bits per heavy atom. The zero-order valence-corrected chi connectivity index (χ0v) is 10.7. The molecule has 3 nitrogen and oxygen atoms in total. The van der Waals surface area contributed by atoms with Crippen molar-refractivity contribution in [3.8, 4) is 0 Å². The summed E-state index contributed by atoms with van der Waals surface area (Å²) >= 11 is 4.36. The first kappa shape index (κ1) is 12.8. The van der Waals surface area contributed by atoms with Gasteiger partial charge in [-0.2, -0.15) is 12.6 Å². The molecule has 1 aliphatic heterocycles. The third kappa shape index (κ3) is 3.38. The van der Waals surface area contributed by atoms with E-state index in [2.05, 4.69) is 12.6 Å². The van der Waals surface area contributed by atoms with E-state index < -0.39 is 0 Å². The first-order chi connectivity index (χ1) is 7.04. The molecule has 1 saturated heterocycles. The lowest BCUT2D eigenvalue weighted by atomic mass is 10.0. The second-order valence-corrected chi connectivity index (χ2v) is 5.04. The molecule has 0 aromatic heterocycles. The van der Waals surface area contributed by atoms with E-state index in [1.165, 1.54) is 0 Å². The number of amides is 1. The van der Waals surface area contributed by atoms with Crippen molar-refractivity contribution in [2.75, 3.05) is 20.3 Å². The van der Waals surface area contributed by atoms with E-state index in [0.29, 0.717) is 6.04 Å². The Labute approximate surface area is 97.6 Å². The quantitative estimate of drug-likeness (QED) is 0.747. The van der Waals surface area contributed by atoms with Gasteiger partial charge >= 0.3 is 0 Å². The SMILES string of the molecule is CC(C)C(S)C(=O)N(C)C1CCOCC1. The van der Waals surface area contributed by atoms with Crippen LogP contribution in [-0.2, 0) is 9.53 Å². The van der Waals surface area contributed by atoms with Crippen LogP contribution in [0.1, 0.15) is 26.7 Å². The average molecular weight is 231 g/mol. The zero-order chi connectivity index (χ0) is 11.4. The van der Waals surface area contributed by atoms with E-state index in [0.717, 1.165) is 26.1 Å². The largest absolute Gasteiger partial charge is 0.381 e. The summed E-state index contributed by atoms with van der Waals surface area (Å²) < 4.78 is 5.28. The summed E-state index contributed by atoms with van der Waals surface area (Å²) in [4.78, 5) is 13.8. The molecule has 1 heterocycles. The molecule has 0 spiro atoms. The number of ether oxygens (including phenoxy) is 1. The Morgan fingerprint density at radius 1 is 1.40 bits per heavy atom. The summed E-state index contributed by atoms with van der Waals surface area (Å²) in [6, 6.07) is 0.333. The number of carbonyl (C=O) groups is 1. The molecule has 1 amide bonds. The Hall–Kier alpha value is -0.220. The summed E-state index contributed by atoms with van der Waals surface area (Å²) in [7, 11) is 1.88. The van der Waals surface area contributed by atoms with Gasteiger partial charge in [0.1, 0.15) is 0 Å². The third-order valence-electron chi connectivity index (χ3n) is 2.97. The van der Waals surface area contributed by atoms with Crippen LogP contribution in [0.4, 0.5) is 0 Å². The monoisotopic (exact) mass is 231 g/mol. The molecule has 1 fully saturated rings. The molecule has 1 atom stereocenters. The highest BCUT2D eigenvalue weighted by Crippen LogP contribution is 2.18. The van der Waals surface area contributed by atoms with Crippen LogP contribution in [-0.4, -0.2) is 42.4 Å². The molecule has 0 radical (unpaired) electrons. The van der Waals surface area contributed by atoms with Crippen molar-refractivity contribution in [2.45, 2.75) is 38.0 Å². The van der Waals surface area contributed by atoms with Crippen LogP contribution in [0.25, 0.3) is 0 Å². The molecule has 0 N–H and O–H groups in total. The standard InChI is InChI=1S/C11H21NO2S/c1-8(2)10(15)11(13)12(3)9-4-6-14-7-5-9/h8-10,15H,4-7H2,1-3H3. The Kier molecular flexibility index (Phi) is 4.93. The highest BCUT2D eigenvalue weighted by atomic mass is 32.1. The Balaban J connectivity index is 2.50. The minimum Gasteiger partial charge on any atom is -0.381 e. The van der Waals surface area contributed by atoms with Gasteiger partial charge in [-0.3, -0.25) is 4.79 Å². The second-order valence-electron chi connectivity index (χ2n) is 4.48. The zero-order valence-electron chi connectivity index (χ0n) is 9.77. The molecule has 88 valence electrons. The predicted molar refractivity (Wildman–Crippen MR) is 64.2 cm³/mol. The van der Waals surface area contributed by atoms with E-state index in [4.69, 9.17) is 4.74 Å². The lowest BCUT2D eigenvalue weighted by molar-refractivity contribution is -0.133. The number of nitrogens with zero attached hydrogens (tertiary/aromatic N) is 1. The van der Waals surface area contributed by atoms with E-state index >= 15 is 0 Å². The molecule has 0 aromatic carbocycles. The van der Waals surface area contributed by atoms with Gasteiger partial charge in [0.2, 0.25) is 5.91 Å². The smallest absolute Gasteiger partial charge is 0.235 e. The van der Waals surface area contributed by atoms with E-state index in [9.17, 15) is 4.79 Å². The summed E-state index contributed by atoms with van der Waals surface area (Å²) in [5, 5.41) is -0.183. The fraction of sp³-hybridized carbons (Fsp3) is 0.909. The first-order valence-electron chi connectivity index (χ1n) is 5.56. The van der Waals surface area contributed by atoms with Gasteiger partial charge in [0.15, 0.2) is 0 Å². The van der Waals surface area contributed by atoms with Crippen molar-refractivity contribution in [2.24, 2.45) is 5.92 Å². The molecule has 0 bridgehead atoms. The van der Waals surface area contributed by atoms with Crippen LogP contribution < -0.4 is 0 Å². The van der Waals surface area contributed by atoms with Crippen molar-refractivity contribution in [1.82, 2.24) is 4.90 Å². The lowest BCUT2D eigenvalue weighted by Gasteiger charge is -2.33. The maximum atomic E-state index is 12.0. The third-order valence-corrected chi connectivity index (χ3v) is 3.79. The highest BCUT2D eigenvalue weighted by molar-refractivity contribution is 7.81. The van der Waals surface area contributed by atoms with Gasteiger partial charge in [-0.15, -0.1) is 0 Å².